The Labute approximate surface area is 122 Å². The number of fused-ring (bicyclic) bond motifs is 1. The molecule has 4 nitrogen and oxygen atoms in total. The summed E-state index contributed by atoms with van der Waals surface area (Å²) in [6, 6.07) is 7.44. The molecule has 104 valence electrons. The third-order valence-corrected chi connectivity index (χ3v) is 7.57. The number of nitrogens with zero attached hydrogens (tertiary/aromatic N) is 2. The van der Waals surface area contributed by atoms with Gasteiger partial charge in [-0.1, -0.05) is 24.1 Å². The van der Waals surface area contributed by atoms with Crippen molar-refractivity contribution in [3.8, 4) is 0 Å². The zero-order chi connectivity index (χ0) is 14.3. The van der Waals surface area contributed by atoms with E-state index in [2.05, 4.69) is 4.98 Å². The summed E-state index contributed by atoms with van der Waals surface area (Å²) in [6.45, 7) is 5.61. The molecule has 0 spiro atoms. The third kappa shape index (κ3) is 2.79. The monoisotopic (exact) mass is 316 g/mol. The summed E-state index contributed by atoms with van der Waals surface area (Å²) in [5.41, 5.74) is 0.233. The first-order valence-corrected chi connectivity index (χ1v) is 9.16. The molecule has 0 aliphatic carbocycles. The second-order valence-electron chi connectivity index (χ2n) is 5.03. The molecule has 2 rings (SSSR count). The molecule has 0 saturated heterocycles. The quantitative estimate of drug-likeness (QED) is 0.815. The Kier molecular flexibility index (Phi) is 3.92. The summed E-state index contributed by atoms with van der Waals surface area (Å²) in [6.07, 6.45) is 1.76. The van der Waals surface area contributed by atoms with E-state index in [4.69, 9.17) is 0 Å². The van der Waals surface area contributed by atoms with Gasteiger partial charge in [-0.15, -0.1) is 15.0 Å². The van der Waals surface area contributed by atoms with Gasteiger partial charge in [0.15, 0.2) is 0 Å². The molecule has 7 heteroatoms. The van der Waals surface area contributed by atoms with Crippen molar-refractivity contribution < 1.29 is 8.42 Å². The van der Waals surface area contributed by atoms with Crippen LogP contribution in [0.4, 0.5) is 0 Å². The van der Waals surface area contributed by atoms with Gasteiger partial charge in [0, 0.05) is 5.54 Å². The minimum Gasteiger partial charge on any atom is -0.224 e. The minimum atomic E-state index is -3.57. The van der Waals surface area contributed by atoms with E-state index in [-0.39, 0.29) is 4.34 Å². The summed E-state index contributed by atoms with van der Waals surface area (Å²) in [5, 5.41) is 0. The van der Waals surface area contributed by atoms with E-state index >= 15 is 0 Å². The van der Waals surface area contributed by atoms with Crippen LogP contribution in [0.1, 0.15) is 20.8 Å². The van der Waals surface area contributed by atoms with Crippen LogP contribution in [0.2, 0.25) is 0 Å². The van der Waals surface area contributed by atoms with E-state index in [9.17, 15) is 8.42 Å². The first kappa shape index (κ1) is 14.8. The van der Waals surface area contributed by atoms with Gasteiger partial charge in [0.25, 0.3) is 10.0 Å². The summed E-state index contributed by atoms with van der Waals surface area (Å²) in [5.74, 6) is 0. The Morgan fingerprint density at radius 3 is 2.42 bits per heavy atom. The highest BCUT2D eigenvalue weighted by atomic mass is 32.3. The number of hydrogen-bond donors (Lipinski definition) is 0. The van der Waals surface area contributed by atoms with Gasteiger partial charge in [-0.2, -0.15) is 0 Å². The number of rotatable bonds is 3. The molecule has 0 bridgehead atoms. The molecular formula is C12H16N2O2S3. The second-order valence-corrected chi connectivity index (χ2v) is 8.99. The predicted octanol–water partition coefficient (Wildman–Crippen LogP) is 3.36. The van der Waals surface area contributed by atoms with E-state index in [1.807, 2.05) is 45.0 Å². The van der Waals surface area contributed by atoms with E-state index in [0.717, 1.165) is 10.2 Å². The fourth-order valence-electron chi connectivity index (χ4n) is 1.76. The van der Waals surface area contributed by atoms with Crippen molar-refractivity contribution in [2.45, 2.75) is 30.6 Å². The first-order valence-electron chi connectivity index (χ1n) is 5.72. The average Bonchev–Trinajstić information content (AvgIpc) is 2.71. The van der Waals surface area contributed by atoms with Crippen molar-refractivity contribution >= 4 is 43.5 Å². The Hall–Kier alpha value is -0.630. The first-order chi connectivity index (χ1) is 8.76. The van der Waals surface area contributed by atoms with Crippen molar-refractivity contribution in [2.75, 3.05) is 6.26 Å². The lowest BCUT2D eigenvalue weighted by Gasteiger charge is -2.31. The molecule has 19 heavy (non-hydrogen) atoms. The number of para-hydroxylation sites is 1. The van der Waals surface area contributed by atoms with Crippen LogP contribution >= 0.6 is 23.3 Å². The maximum absolute atomic E-state index is 12.6. The zero-order valence-electron chi connectivity index (χ0n) is 11.2. The molecule has 1 heterocycles. The Morgan fingerprint density at radius 2 is 1.89 bits per heavy atom. The molecule has 1 aromatic carbocycles. The fourth-order valence-corrected chi connectivity index (χ4v) is 6.14. The standard InChI is InChI=1S/C12H16N2O2S3/c1-12(2,3)14(17-4)19(15,16)11-13-9-7-5-6-8-10(9)18-11/h5-8H,1-4H3. The molecule has 0 radical (unpaired) electrons. The lowest BCUT2D eigenvalue weighted by molar-refractivity contribution is 0.379. The smallest absolute Gasteiger partial charge is 0.224 e. The van der Waals surface area contributed by atoms with Crippen LogP contribution in [0.15, 0.2) is 28.6 Å². The van der Waals surface area contributed by atoms with Gasteiger partial charge in [-0.25, -0.2) is 13.4 Å². The van der Waals surface area contributed by atoms with Crippen LogP contribution in [0.3, 0.4) is 0 Å². The van der Waals surface area contributed by atoms with Gasteiger partial charge >= 0.3 is 0 Å². The predicted molar refractivity (Wildman–Crippen MR) is 81.9 cm³/mol. The molecule has 0 atom stereocenters. The van der Waals surface area contributed by atoms with Gasteiger partial charge in [0.05, 0.1) is 10.2 Å². The van der Waals surface area contributed by atoms with Crippen LogP contribution in [-0.4, -0.2) is 28.9 Å². The van der Waals surface area contributed by atoms with Crippen molar-refractivity contribution in [2.24, 2.45) is 0 Å². The van der Waals surface area contributed by atoms with Gasteiger partial charge in [0.2, 0.25) is 4.34 Å². The molecule has 0 amide bonds. The Bertz CT molecular complexity index is 653. The number of sulfonamides is 1. The molecule has 0 unspecified atom stereocenters. The van der Waals surface area contributed by atoms with Crippen LogP contribution < -0.4 is 0 Å². The topological polar surface area (TPSA) is 50.3 Å². The summed E-state index contributed by atoms with van der Waals surface area (Å²) < 4.78 is 27.7. The molecule has 1 aromatic heterocycles. The maximum Gasteiger partial charge on any atom is 0.280 e. The fraction of sp³-hybridized carbons (Fsp3) is 0.417. The molecule has 0 aliphatic rings. The third-order valence-electron chi connectivity index (χ3n) is 2.43. The largest absolute Gasteiger partial charge is 0.280 e. The molecule has 2 aromatic rings. The molecule has 0 saturated carbocycles. The highest BCUT2D eigenvalue weighted by Crippen LogP contribution is 2.34. The molecule has 0 aliphatic heterocycles. The van der Waals surface area contributed by atoms with Gasteiger partial charge < -0.3 is 0 Å². The average molecular weight is 316 g/mol. The lowest BCUT2D eigenvalue weighted by atomic mass is 10.1. The highest BCUT2D eigenvalue weighted by Gasteiger charge is 2.36. The van der Waals surface area contributed by atoms with Crippen molar-refractivity contribution in [1.82, 2.24) is 8.69 Å². The Balaban J connectivity index is 2.55. The minimum absolute atomic E-state index is 0.151. The maximum atomic E-state index is 12.6. The lowest BCUT2D eigenvalue weighted by Crippen LogP contribution is -2.40. The number of aromatic nitrogens is 1. The van der Waals surface area contributed by atoms with Crippen molar-refractivity contribution in [3.63, 3.8) is 0 Å². The van der Waals surface area contributed by atoms with E-state index in [1.54, 1.807) is 6.26 Å². The van der Waals surface area contributed by atoms with Gasteiger partial charge in [0.1, 0.15) is 0 Å². The molecule has 0 fully saturated rings. The number of hydrogen-bond acceptors (Lipinski definition) is 5. The SMILES string of the molecule is CSN(C(C)(C)C)S(=O)(=O)c1nc2ccccc2s1. The van der Waals surface area contributed by atoms with E-state index in [1.165, 1.54) is 27.0 Å². The van der Waals surface area contributed by atoms with E-state index < -0.39 is 15.6 Å². The molecule has 0 N–H and O–H groups in total. The number of thiazole rings is 1. The summed E-state index contributed by atoms with van der Waals surface area (Å²) in [7, 11) is -3.57. The van der Waals surface area contributed by atoms with Crippen LogP contribution in [-0.2, 0) is 10.0 Å². The van der Waals surface area contributed by atoms with Crippen LogP contribution in [0.5, 0.6) is 0 Å². The van der Waals surface area contributed by atoms with Gasteiger partial charge in [-0.3, -0.25) is 0 Å². The Morgan fingerprint density at radius 1 is 1.26 bits per heavy atom. The normalized spacial score (nSPS) is 13.3. The summed E-state index contributed by atoms with van der Waals surface area (Å²) in [4.78, 5) is 4.24. The van der Waals surface area contributed by atoms with E-state index in [0.29, 0.717) is 0 Å². The van der Waals surface area contributed by atoms with Crippen molar-refractivity contribution in [3.05, 3.63) is 24.3 Å². The zero-order valence-corrected chi connectivity index (χ0v) is 13.7. The number of benzene rings is 1. The van der Waals surface area contributed by atoms with Gasteiger partial charge in [-0.05, 0) is 39.2 Å². The highest BCUT2D eigenvalue weighted by molar-refractivity contribution is 8.08. The van der Waals surface area contributed by atoms with Crippen LogP contribution in [0.25, 0.3) is 10.2 Å². The summed E-state index contributed by atoms with van der Waals surface area (Å²) >= 11 is 2.41. The van der Waals surface area contributed by atoms with Crippen LogP contribution in [0, 0.1) is 0 Å². The second kappa shape index (κ2) is 5.05. The van der Waals surface area contributed by atoms with Crippen molar-refractivity contribution in [1.29, 1.82) is 0 Å². The molecular weight excluding hydrogens is 300 g/mol.